The standard InChI is InChI=1S/4C4H9O.Sb.H/c4*1-2-3-4-5;;/h4*2-4H2,1H3;;/q4*-1;+4;. The van der Waals surface area contributed by atoms with E-state index in [1.807, 2.05) is 0 Å². The maximum absolute atomic E-state index is 6.05. The van der Waals surface area contributed by atoms with Crippen LogP contribution >= 0.6 is 0 Å². The summed E-state index contributed by atoms with van der Waals surface area (Å²) >= 11 is -3.79. The van der Waals surface area contributed by atoms with E-state index in [4.69, 9.17) is 12.1 Å². The average molecular weight is 415 g/mol. The first-order chi connectivity index (χ1) is 10.2. The third-order valence-electron chi connectivity index (χ3n) is 3.11. The first-order valence-electron chi connectivity index (χ1n) is 8.80. The second-order valence-corrected chi connectivity index (χ2v) is 11.5. The third kappa shape index (κ3) is 11.8. The van der Waals surface area contributed by atoms with Gasteiger partial charge >= 0.3 is 138 Å². The maximum atomic E-state index is 6.05. The molecular formula is C16H37O4Sb. The monoisotopic (exact) mass is 414 g/mol. The van der Waals surface area contributed by atoms with Crippen LogP contribution in [0.15, 0.2) is 0 Å². The Labute approximate surface area is 138 Å². The zero-order valence-electron chi connectivity index (χ0n) is 14.6. The van der Waals surface area contributed by atoms with E-state index in [2.05, 4.69) is 27.7 Å². The van der Waals surface area contributed by atoms with Crippen LogP contribution in [-0.2, 0) is 12.1 Å². The summed E-state index contributed by atoms with van der Waals surface area (Å²) in [6.45, 7) is 11.4. The first kappa shape index (κ1) is 21.7. The second-order valence-electron chi connectivity index (χ2n) is 5.31. The molecule has 0 unspecified atom stereocenters. The molecule has 0 aromatic carbocycles. The summed E-state index contributed by atoms with van der Waals surface area (Å²) < 4.78 is 24.2. The summed E-state index contributed by atoms with van der Waals surface area (Å²) in [6.07, 6.45) is 8.58. The van der Waals surface area contributed by atoms with E-state index < -0.39 is 20.5 Å². The molecule has 5 heteroatoms. The number of hydrogen-bond acceptors (Lipinski definition) is 4. The van der Waals surface area contributed by atoms with Gasteiger partial charge in [0.1, 0.15) is 0 Å². The molecule has 0 aliphatic rings. The Morgan fingerprint density at radius 3 is 0.905 bits per heavy atom. The van der Waals surface area contributed by atoms with E-state index in [9.17, 15) is 0 Å². The summed E-state index contributed by atoms with van der Waals surface area (Å²) in [5, 5.41) is 0. The summed E-state index contributed by atoms with van der Waals surface area (Å²) in [5.41, 5.74) is 0. The Morgan fingerprint density at radius 1 is 0.476 bits per heavy atom. The molecule has 0 saturated carbocycles. The van der Waals surface area contributed by atoms with Crippen LogP contribution in [0.3, 0.4) is 0 Å². The van der Waals surface area contributed by atoms with Gasteiger partial charge in [0.25, 0.3) is 0 Å². The molecule has 0 fully saturated rings. The van der Waals surface area contributed by atoms with E-state index in [0.29, 0.717) is 26.4 Å². The van der Waals surface area contributed by atoms with Gasteiger partial charge in [0, 0.05) is 0 Å². The minimum atomic E-state index is -3.79. The van der Waals surface area contributed by atoms with Crippen LogP contribution < -0.4 is 0 Å². The van der Waals surface area contributed by atoms with Crippen molar-refractivity contribution in [2.24, 2.45) is 0 Å². The van der Waals surface area contributed by atoms with E-state index in [-0.39, 0.29) is 0 Å². The Morgan fingerprint density at radius 2 is 0.714 bits per heavy atom. The van der Waals surface area contributed by atoms with Crippen LogP contribution in [0, 0.1) is 0 Å². The van der Waals surface area contributed by atoms with Gasteiger partial charge in [-0.25, -0.2) is 0 Å². The van der Waals surface area contributed by atoms with Crippen molar-refractivity contribution in [3.63, 3.8) is 0 Å². The third-order valence-corrected chi connectivity index (χ3v) is 9.47. The molecule has 0 aromatic heterocycles. The van der Waals surface area contributed by atoms with E-state index in [1.165, 1.54) is 0 Å². The van der Waals surface area contributed by atoms with E-state index >= 15 is 0 Å². The zero-order chi connectivity index (χ0) is 15.8. The van der Waals surface area contributed by atoms with Gasteiger partial charge in [0.05, 0.1) is 0 Å². The molecule has 0 heterocycles. The minimum absolute atomic E-state index is 0.691. The molecule has 130 valence electrons. The molecule has 0 atom stereocenters. The molecule has 4 nitrogen and oxygen atoms in total. The van der Waals surface area contributed by atoms with E-state index in [0.717, 1.165) is 51.4 Å². The number of rotatable bonds is 16. The Balaban J connectivity index is 4.52. The van der Waals surface area contributed by atoms with Gasteiger partial charge in [-0.3, -0.25) is 0 Å². The van der Waals surface area contributed by atoms with Crippen molar-refractivity contribution in [2.45, 2.75) is 79.1 Å². The molecule has 0 aliphatic carbocycles. The molecule has 0 rings (SSSR count). The van der Waals surface area contributed by atoms with Crippen LogP contribution in [0.5, 0.6) is 0 Å². The van der Waals surface area contributed by atoms with Gasteiger partial charge in [-0.15, -0.1) is 0 Å². The molecule has 0 N–H and O–H groups in total. The Bertz CT molecular complexity index is 169. The van der Waals surface area contributed by atoms with Crippen LogP contribution in [0.2, 0.25) is 0 Å². The summed E-state index contributed by atoms with van der Waals surface area (Å²) in [7, 11) is 0. The van der Waals surface area contributed by atoms with Gasteiger partial charge in [-0.1, -0.05) is 0 Å². The van der Waals surface area contributed by atoms with Crippen molar-refractivity contribution in [2.75, 3.05) is 26.4 Å². The molecule has 0 radical (unpaired) electrons. The quantitative estimate of drug-likeness (QED) is 0.276. The fourth-order valence-corrected chi connectivity index (χ4v) is 7.54. The first-order valence-corrected chi connectivity index (χ1v) is 13.5. The van der Waals surface area contributed by atoms with Gasteiger partial charge < -0.3 is 0 Å². The number of hydrogen-bond donors (Lipinski definition) is 0. The van der Waals surface area contributed by atoms with Crippen LogP contribution in [0.25, 0.3) is 0 Å². The van der Waals surface area contributed by atoms with Gasteiger partial charge in [-0.05, 0) is 0 Å². The Kier molecular flexibility index (Phi) is 16.0. The number of unbranched alkanes of at least 4 members (excludes halogenated alkanes) is 4. The molecule has 21 heavy (non-hydrogen) atoms. The summed E-state index contributed by atoms with van der Waals surface area (Å²) in [6, 6.07) is 0. The normalized spacial score (nSPS) is 12.8. The van der Waals surface area contributed by atoms with Crippen molar-refractivity contribution in [3.8, 4) is 0 Å². The SMILES string of the molecule is CCCC[O][SbH]([O]CCCC)([O]CCCC)[O]CCCC. The van der Waals surface area contributed by atoms with Gasteiger partial charge in [0.2, 0.25) is 0 Å². The van der Waals surface area contributed by atoms with Crippen molar-refractivity contribution in [3.05, 3.63) is 0 Å². The molecule has 0 amide bonds. The van der Waals surface area contributed by atoms with Gasteiger partial charge in [0.15, 0.2) is 0 Å². The second kappa shape index (κ2) is 15.5. The van der Waals surface area contributed by atoms with E-state index in [1.54, 1.807) is 0 Å². The van der Waals surface area contributed by atoms with Crippen molar-refractivity contribution >= 4 is 20.5 Å². The molecule has 0 saturated heterocycles. The zero-order valence-corrected chi connectivity index (χ0v) is 17.5. The molecule has 0 spiro atoms. The Hall–Kier alpha value is 0.658. The molecular weight excluding hydrogens is 378 g/mol. The van der Waals surface area contributed by atoms with Crippen LogP contribution in [-0.4, -0.2) is 46.9 Å². The van der Waals surface area contributed by atoms with Crippen molar-refractivity contribution in [1.82, 2.24) is 0 Å². The van der Waals surface area contributed by atoms with Crippen LogP contribution in [0.1, 0.15) is 79.1 Å². The van der Waals surface area contributed by atoms with Crippen LogP contribution in [0.4, 0.5) is 0 Å². The molecule has 0 bridgehead atoms. The summed E-state index contributed by atoms with van der Waals surface area (Å²) in [5.74, 6) is 0. The van der Waals surface area contributed by atoms with Crippen molar-refractivity contribution in [1.29, 1.82) is 0 Å². The topological polar surface area (TPSA) is 36.9 Å². The fourth-order valence-electron chi connectivity index (χ4n) is 1.62. The predicted molar refractivity (Wildman–Crippen MR) is 90.6 cm³/mol. The average Bonchev–Trinajstić information content (AvgIpc) is 2.48. The van der Waals surface area contributed by atoms with Crippen molar-refractivity contribution < 1.29 is 12.1 Å². The molecule has 0 aliphatic heterocycles. The molecule has 0 aromatic rings. The fraction of sp³-hybridized carbons (Fsp3) is 1.00. The van der Waals surface area contributed by atoms with Gasteiger partial charge in [-0.2, -0.15) is 0 Å². The predicted octanol–water partition coefficient (Wildman–Crippen LogP) is 4.42. The summed E-state index contributed by atoms with van der Waals surface area (Å²) in [4.78, 5) is 0.